The second-order valence-electron chi connectivity index (χ2n) is 7.08. The third-order valence-electron chi connectivity index (χ3n) is 5.15. The summed E-state index contributed by atoms with van der Waals surface area (Å²) in [5.74, 6) is -4.01. The van der Waals surface area contributed by atoms with Crippen LogP contribution in [0.15, 0.2) is 24.3 Å². The van der Waals surface area contributed by atoms with E-state index in [2.05, 4.69) is 0 Å². The lowest BCUT2D eigenvalue weighted by Gasteiger charge is -2.26. The van der Waals surface area contributed by atoms with Crippen molar-refractivity contribution in [3.8, 4) is 11.1 Å². The molecule has 1 heterocycles. The minimum absolute atomic E-state index is 0.118. The lowest BCUT2D eigenvalue weighted by Crippen LogP contribution is -2.24. The number of aryl methyl sites for hydroxylation is 2. The second-order valence-corrected chi connectivity index (χ2v) is 7.08. The number of rotatable bonds is 4. The Morgan fingerprint density at radius 2 is 1.54 bits per heavy atom. The van der Waals surface area contributed by atoms with E-state index >= 15 is 0 Å². The Kier molecular flexibility index (Phi) is 5.66. The smallest absolute Gasteiger partial charge is 0.167 e. The molecule has 1 aliphatic rings. The van der Waals surface area contributed by atoms with Crippen molar-refractivity contribution in [3.63, 3.8) is 0 Å². The number of benzene rings is 2. The lowest BCUT2D eigenvalue weighted by atomic mass is 9.91. The normalized spacial score (nSPS) is 20.4. The van der Waals surface area contributed by atoms with Crippen LogP contribution in [0.3, 0.4) is 0 Å². The molecular weight excluding hydrogens is 344 g/mol. The van der Waals surface area contributed by atoms with Crippen molar-refractivity contribution in [2.24, 2.45) is 5.92 Å². The van der Waals surface area contributed by atoms with Crippen molar-refractivity contribution in [2.75, 3.05) is 6.61 Å². The summed E-state index contributed by atoms with van der Waals surface area (Å²) in [5.41, 5.74) is -0.172. The van der Waals surface area contributed by atoms with Crippen LogP contribution in [0.1, 0.15) is 37.3 Å². The highest BCUT2D eigenvalue weighted by Crippen LogP contribution is 2.31. The van der Waals surface area contributed by atoms with E-state index in [4.69, 9.17) is 4.74 Å². The molecule has 0 spiro atoms. The molecule has 0 bridgehead atoms. The number of hydrogen-bond acceptors (Lipinski definition) is 1. The molecule has 3 rings (SSSR count). The SMILES string of the molecule is Cc1ccc(-c2ccc(CCC3CCC(C)OC3)c(F)c2F)c(F)c1F. The van der Waals surface area contributed by atoms with Crippen LogP contribution in [0.25, 0.3) is 11.1 Å². The summed E-state index contributed by atoms with van der Waals surface area (Å²) in [6.45, 7) is 4.08. The average Bonchev–Trinajstić information content (AvgIpc) is 2.63. The number of hydrogen-bond donors (Lipinski definition) is 0. The molecule has 0 aromatic heterocycles. The molecule has 5 heteroatoms. The van der Waals surface area contributed by atoms with Crippen LogP contribution < -0.4 is 0 Å². The van der Waals surface area contributed by atoms with Crippen LogP contribution in [0.2, 0.25) is 0 Å². The van der Waals surface area contributed by atoms with Gasteiger partial charge < -0.3 is 4.74 Å². The maximum atomic E-state index is 14.5. The third-order valence-corrected chi connectivity index (χ3v) is 5.15. The first kappa shape index (κ1) is 18.9. The van der Waals surface area contributed by atoms with Crippen molar-refractivity contribution >= 4 is 0 Å². The third kappa shape index (κ3) is 3.78. The molecule has 0 radical (unpaired) electrons. The van der Waals surface area contributed by atoms with Crippen LogP contribution in [-0.2, 0) is 11.2 Å². The van der Waals surface area contributed by atoms with Gasteiger partial charge in [-0.15, -0.1) is 0 Å². The second kappa shape index (κ2) is 7.78. The molecule has 0 aliphatic carbocycles. The van der Waals surface area contributed by atoms with Gasteiger partial charge in [0.25, 0.3) is 0 Å². The van der Waals surface area contributed by atoms with Crippen LogP contribution >= 0.6 is 0 Å². The Labute approximate surface area is 151 Å². The Morgan fingerprint density at radius 1 is 0.885 bits per heavy atom. The largest absolute Gasteiger partial charge is 0.378 e. The van der Waals surface area contributed by atoms with Crippen molar-refractivity contribution < 1.29 is 22.3 Å². The summed E-state index contributed by atoms with van der Waals surface area (Å²) in [7, 11) is 0. The fraction of sp³-hybridized carbons (Fsp3) is 0.429. The summed E-state index contributed by atoms with van der Waals surface area (Å²) in [4.78, 5) is 0. The van der Waals surface area contributed by atoms with E-state index in [1.165, 1.54) is 31.2 Å². The standard InChI is InChI=1S/C21H22F4O/c1-12-3-9-16(20(24)18(12)22)17-10-8-15(19(23)21(17)25)7-6-14-5-4-13(2)26-11-14/h3,8-10,13-14H,4-7,11H2,1-2H3. The van der Waals surface area contributed by atoms with Crippen LogP contribution in [0.5, 0.6) is 0 Å². The monoisotopic (exact) mass is 366 g/mol. The molecule has 140 valence electrons. The summed E-state index contributed by atoms with van der Waals surface area (Å²) in [5, 5.41) is 0. The average molecular weight is 366 g/mol. The Hall–Kier alpha value is -1.88. The molecule has 2 aromatic rings. The molecule has 0 saturated carbocycles. The van der Waals surface area contributed by atoms with Crippen molar-refractivity contribution in [3.05, 3.63) is 58.7 Å². The van der Waals surface area contributed by atoms with Gasteiger partial charge in [0.15, 0.2) is 23.3 Å². The van der Waals surface area contributed by atoms with Crippen molar-refractivity contribution in [1.82, 2.24) is 0 Å². The number of halogens is 4. The number of ether oxygens (including phenoxy) is 1. The first-order valence-corrected chi connectivity index (χ1v) is 8.92. The van der Waals surface area contributed by atoms with Gasteiger partial charge in [0.05, 0.1) is 6.10 Å². The van der Waals surface area contributed by atoms with Gasteiger partial charge in [-0.25, -0.2) is 17.6 Å². The van der Waals surface area contributed by atoms with E-state index in [9.17, 15) is 17.6 Å². The molecule has 2 atom stereocenters. The molecule has 1 aliphatic heterocycles. The van der Waals surface area contributed by atoms with Crippen molar-refractivity contribution in [1.29, 1.82) is 0 Å². The van der Waals surface area contributed by atoms with E-state index in [0.29, 0.717) is 25.4 Å². The van der Waals surface area contributed by atoms with Gasteiger partial charge in [0.1, 0.15) is 0 Å². The minimum atomic E-state index is -1.16. The molecule has 2 unspecified atom stereocenters. The first-order valence-electron chi connectivity index (χ1n) is 8.92. The molecule has 1 saturated heterocycles. The topological polar surface area (TPSA) is 9.23 Å². The zero-order valence-electron chi connectivity index (χ0n) is 14.9. The highest BCUT2D eigenvalue weighted by atomic mass is 19.2. The van der Waals surface area contributed by atoms with Gasteiger partial charge in [-0.1, -0.05) is 24.3 Å². The molecule has 1 fully saturated rings. The quantitative estimate of drug-likeness (QED) is 0.606. The highest BCUT2D eigenvalue weighted by Gasteiger charge is 2.22. The predicted molar refractivity (Wildman–Crippen MR) is 92.9 cm³/mol. The molecule has 0 N–H and O–H groups in total. The van der Waals surface area contributed by atoms with E-state index in [-0.39, 0.29) is 28.4 Å². The van der Waals surface area contributed by atoms with Crippen LogP contribution in [0, 0.1) is 36.1 Å². The van der Waals surface area contributed by atoms with E-state index in [1.54, 1.807) is 0 Å². The van der Waals surface area contributed by atoms with Gasteiger partial charge in [-0.05, 0) is 56.6 Å². The Bertz CT molecular complexity index is 795. The maximum Gasteiger partial charge on any atom is 0.167 e. The lowest BCUT2D eigenvalue weighted by molar-refractivity contribution is -0.00699. The van der Waals surface area contributed by atoms with Gasteiger partial charge in [0, 0.05) is 17.7 Å². The summed E-state index contributed by atoms with van der Waals surface area (Å²) < 4.78 is 62.4. The fourth-order valence-electron chi connectivity index (χ4n) is 3.37. The predicted octanol–water partition coefficient (Wildman–Crippen LogP) is 5.97. The van der Waals surface area contributed by atoms with Crippen LogP contribution in [0.4, 0.5) is 17.6 Å². The van der Waals surface area contributed by atoms with Crippen LogP contribution in [-0.4, -0.2) is 12.7 Å². The summed E-state index contributed by atoms with van der Waals surface area (Å²) in [6.07, 6.45) is 3.33. The zero-order chi connectivity index (χ0) is 18.8. The Morgan fingerprint density at radius 3 is 2.19 bits per heavy atom. The minimum Gasteiger partial charge on any atom is -0.378 e. The van der Waals surface area contributed by atoms with E-state index < -0.39 is 23.3 Å². The zero-order valence-corrected chi connectivity index (χ0v) is 14.9. The van der Waals surface area contributed by atoms with Crippen molar-refractivity contribution in [2.45, 2.75) is 45.6 Å². The van der Waals surface area contributed by atoms with E-state index in [0.717, 1.165) is 12.8 Å². The van der Waals surface area contributed by atoms with Gasteiger partial charge in [-0.3, -0.25) is 0 Å². The Balaban J connectivity index is 1.80. The van der Waals surface area contributed by atoms with E-state index in [1.807, 2.05) is 6.92 Å². The van der Waals surface area contributed by atoms with Gasteiger partial charge in [0.2, 0.25) is 0 Å². The highest BCUT2D eigenvalue weighted by molar-refractivity contribution is 5.66. The maximum absolute atomic E-state index is 14.5. The molecule has 0 amide bonds. The molecular formula is C21H22F4O. The summed E-state index contributed by atoms with van der Waals surface area (Å²) in [6, 6.07) is 5.40. The molecule has 1 nitrogen and oxygen atoms in total. The van der Waals surface area contributed by atoms with Gasteiger partial charge >= 0.3 is 0 Å². The summed E-state index contributed by atoms with van der Waals surface area (Å²) >= 11 is 0. The first-order chi connectivity index (χ1) is 12.4. The van der Waals surface area contributed by atoms with Gasteiger partial charge in [-0.2, -0.15) is 0 Å². The fourth-order valence-corrected chi connectivity index (χ4v) is 3.37. The molecule has 26 heavy (non-hydrogen) atoms. The molecule has 2 aromatic carbocycles.